The zero-order valence-electron chi connectivity index (χ0n) is 11.0. The first-order valence-electron chi connectivity index (χ1n) is 6.20. The summed E-state index contributed by atoms with van der Waals surface area (Å²) in [6.45, 7) is 3.43. The van der Waals surface area contributed by atoms with Gasteiger partial charge in [-0.2, -0.15) is 0 Å². The fraction of sp³-hybridized carbons (Fsp3) is 0.583. The van der Waals surface area contributed by atoms with Crippen molar-refractivity contribution in [2.24, 2.45) is 0 Å². The molecule has 0 atom stereocenters. The maximum Gasteiger partial charge on any atom is 0.246 e. The molecule has 7 heteroatoms. The lowest BCUT2D eigenvalue weighted by Gasteiger charge is -2.27. The third-order valence-electron chi connectivity index (χ3n) is 2.74. The number of nitrogens with one attached hydrogen (secondary N) is 1. The Morgan fingerprint density at radius 3 is 3.05 bits per heavy atom. The number of anilines is 1. The highest BCUT2D eigenvalue weighted by molar-refractivity contribution is 5.77. The quantitative estimate of drug-likeness (QED) is 0.780. The molecule has 0 saturated carbocycles. The molecule has 1 aromatic rings. The van der Waals surface area contributed by atoms with Gasteiger partial charge in [-0.1, -0.05) is 0 Å². The number of rotatable bonds is 5. The van der Waals surface area contributed by atoms with Gasteiger partial charge in [0.2, 0.25) is 5.91 Å². The highest BCUT2D eigenvalue weighted by Crippen LogP contribution is 2.11. The second-order valence-electron chi connectivity index (χ2n) is 4.14. The van der Waals surface area contributed by atoms with Crippen molar-refractivity contribution >= 4 is 11.7 Å². The number of morpholine rings is 1. The Hall–Kier alpha value is -1.73. The minimum Gasteiger partial charge on any atom is -0.378 e. The van der Waals surface area contributed by atoms with E-state index in [-0.39, 0.29) is 12.5 Å². The number of amides is 1. The molecule has 7 nitrogen and oxygen atoms in total. The van der Waals surface area contributed by atoms with Crippen LogP contribution in [0.2, 0.25) is 0 Å². The van der Waals surface area contributed by atoms with E-state index in [1.807, 2.05) is 6.07 Å². The van der Waals surface area contributed by atoms with Crippen molar-refractivity contribution in [3.05, 3.63) is 18.1 Å². The summed E-state index contributed by atoms with van der Waals surface area (Å²) in [5, 5.41) is 2.70. The lowest BCUT2D eigenvalue weighted by molar-refractivity contribution is -0.124. The molecule has 1 N–H and O–H groups in total. The van der Waals surface area contributed by atoms with E-state index in [0.29, 0.717) is 25.6 Å². The summed E-state index contributed by atoms with van der Waals surface area (Å²) in [4.78, 5) is 22.0. The second kappa shape index (κ2) is 7.01. The predicted octanol–water partition coefficient (Wildman–Crippen LogP) is -0.424. The van der Waals surface area contributed by atoms with Crippen molar-refractivity contribution in [2.45, 2.75) is 6.54 Å². The Labute approximate surface area is 111 Å². The van der Waals surface area contributed by atoms with Gasteiger partial charge in [-0.25, -0.2) is 9.97 Å². The van der Waals surface area contributed by atoms with Crippen LogP contribution in [0.15, 0.2) is 12.3 Å². The summed E-state index contributed by atoms with van der Waals surface area (Å²) < 4.78 is 10.0. The van der Waals surface area contributed by atoms with Gasteiger partial charge in [0.05, 0.1) is 19.8 Å². The van der Waals surface area contributed by atoms with Gasteiger partial charge < -0.3 is 19.7 Å². The molecular weight excluding hydrogens is 248 g/mol. The van der Waals surface area contributed by atoms with Gasteiger partial charge in [0.25, 0.3) is 0 Å². The average molecular weight is 266 g/mol. The van der Waals surface area contributed by atoms with Crippen LogP contribution in [0.5, 0.6) is 0 Å². The van der Waals surface area contributed by atoms with Gasteiger partial charge in [-0.05, 0) is 6.07 Å². The molecule has 19 heavy (non-hydrogen) atoms. The summed E-state index contributed by atoms with van der Waals surface area (Å²) in [6.07, 6.45) is 1.70. The molecule has 104 valence electrons. The summed E-state index contributed by atoms with van der Waals surface area (Å²) in [5.41, 5.74) is 0. The lowest BCUT2D eigenvalue weighted by atomic mass is 10.4. The Kier molecular flexibility index (Phi) is 5.05. The van der Waals surface area contributed by atoms with Gasteiger partial charge in [-0.3, -0.25) is 4.79 Å². The molecule has 1 aliphatic heterocycles. The van der Waals surface area contributed by atoms with E-state index in [1.54, 1.807) is 6.20 Å². The summed E-state index contributed by atoms with van der Waals surface area (Å²) in [6, 6.07) is 1.87. The van der Waals surface area contributed by atoms with Crippen molar-refractivity contribution in [1.82, 2.24) is 15.3 Å². The molecule has 0 aromatic carbocycles. The molecule has 1 aliphatic rings. The van der Waals surface area contributed by atoms with E-state index in [2.05, 4.69) is 20.2 Å². The van der Waals surface area contributed by atoms with E-state index >= 15 is 0 Å². The maximum absolute atomic E-state index is 11.3. The van der Waals surface area contributed by atoms with Crippen molar-refractivity contribution in [3.63, 3.8) is 0 Å². The van der Waals surface area contributed by atoms with Crippen LogP contribution in [0.3, 0.4) is 0 Å². The summed E-state index contributed by atoms with van der Waals surface area (Å²) in [7, 11) is 1.48. The van der Waals surface area contributed by atoms with E-state index in [1.165, 1.54) is 7.11 Å². The van der Waals surface area contributed by atoms with E-state index in [9.17, 15) is 4.79 Å². The van der Waals surface area contributed by atoms with Gasteiger partial charge in [-0.15, -0.1) is 0 Å². The maximum atomic E-state index is 11.3. The zero-order valence-corrected chi connectivity index (χ0v) is 11.0. The molecular formula is C12H18N4O3. The van der Waals surface area contributed by atoms with Crippen molar-refractivity contribution < 1.29 is 14.3 Å². The molecule has 0 bridgehead atoms. The number of hydrogen-bond donors (Lipinski definition) is 1. The van der Waals surface area contributed by atoms with Crippen LogP contribution in [-0.2, 0) is 20.8 Å². The lowest BCUT2D eigenvalue weighted by Crippen LogP contribution is -2.37. The van der Waals surface area contributed by atoms with Crippen LogP contribution >= 0.6 is 0 Å². The van der Waals surface area contributed by atoms with Gasteiger partial charge >= 0.3 is 0 Å². The van der Waals surface area contributed by atoms with Gasteiger partial charge in [0.1, 0.15) is 18.2 Å². The Balaban J connectivity index is 1.92. The standard InChI is InChI=1S/C12H18N4O3/c1-18-9-12(17)14-8-10-13-3-2-11(15-10)16-4-6-19-7-5-16/h2-3H,4-9H2,1H3,(H,14,17). The molecule has 1 aromatic heterocycles. The second-order valence-corrected chi connectivity index (χ2v) is 4.14. The molecule has 0 unspecified atom stereocenters. The number of aromatic nitrogens is 2. The zero-order chi connectivity index (χ0) is 13.5. The molecule has 2 rings (SSSR count). The number of carbonyl (C=O) groups excluding carboxylic acids is 1. The van der Waals surface area contributed by atoms with Crippen LogP contribution in [-0.4, -0.2) is 55.9 Å². The Morgan fingerprint density at radius 2 is 2.32 bits per heavy atom. The van der Waals surface area contributed by atoms with E-state index in [0.717, 1.165) is 18.9 Å². The Morgan fingerprint density at radius 1 is 1.53 bits per heavy atom. The largest absolute Gasteiger partial charge is 0.378 e. The normalized spacial score (nSPS) is 15.3. The molecule has 2 heterocycles. The van der Waals surface area contributed by atoms with Crippen molar-refractivity contribution in [1.29, 1.82) is 0 Å². The highest BCUT2D eigenvalue weighted by atomic mass is 16.5. The van der Waals surface area contributed by atoms with Crippen molar-refractivity contribution in [3.8, 4) is 0 Å². The van der Waals surface area contributed by atoms with Crippen LogP contribution in [0, 0.1) is 0 Å². The average Bonchev–Trinajstić information content (AvgIpc) is 2.47. The smallest absolute Gasteiger partial charge is 0.246 e. The third-order valence-corrected chi connectivity index (χ3v) is 2.74. The Bertz CT molecular complexity index is 421. The predicted molar refractivity (Wildman–Crippen MR) is 68.8 cm³/mol. The van der Waals surface area contributed by atoms with E-state index < -0.39 is 0 Å². The number of ether oxygens (including phenoxy) is 2. The number of nitrogens with zero attached hydrogens (tertiary/aromatic N) is 3. The molecule has 0 radical (unpaired) electrons. The molecule has 0 spiro atoms. The molecule has 0 aliphatic carbocycles. The minimum absolute atomic E-state index is 0.0448. The van der Waals surface area contributed by atoms with Crippen LogP contribution < -0.4 is 10.2 Å². The fourth-order valence-electron chi connectivity index (χ4n) is 1.80. The summed E-state index contributed by atoms with van der Waals surface area (Å²) in [5.74, 6) is 1.28. The van der Waals surface area contributed by atoms with Gasteiger partial charge in [0, 0.05) is 26.4 Å². The number of hydrogen-bond acceptors (Lipinski definition) is 6. The topological polar surface area (TPSA) is 76.6 Å². The van der Waals surface area contributed by atoms with Crippen LogP contribution in [0.4, 0.5) is 5.82 Å². The van der Waals surface area contributed by atoms with Crippen LogP contribution in [0.1, 0.15) is 5.82 Å². The van der Waals surface area contributed by atoms with Gasteiger partial charge in [0.15, 0.2) is 0 Å². The number of carbonyl (C=O) groups is 1. The third kappa shape index (κ3) is 4.15. The van der Waals surface area contributed by atoms with Crippen molar-refractivity contribution in [2.75, 3.05) is 44.9 Å². The molecule has 1 fully saturated rings. The monoisotopic (exact) mass is 266 g/mol. The SMILES string of the molecule is COCC(=O)NCc1nccc(N2CCOCC2)n1. The first kappa shape index (κ1) is 13.7. The summed E-state index contributed by atoms with van der Waals surface area (Å²) >= 11 is 0. The molecule has 1 saturated heterocycles. The first-order chi connectivity index (χ1) is 9.29. The number of methoxy groups -OCH3 is 1. The minimum atomic E-state index is -0.178. The highest BCUT2D eigenvalue weighted by Gasteiger charge is 2.13. The van der Waals surface area contributed by atoms with Crippen LogP contribution in [0.25, 0.3) is 0 Å². The van der Waals surface area contributed by atoms with E-state index in [4.69, 9.17) is 9.47 Å². The fourth-order valence-corrected chi connectivity index (χ4v) is 1.80. The first-order valence-corrected chi connectivity index (χ1v) is 6.20. The molecule has 1 amide bonds.